The Morgan fingerprint density at radius 2 is 1.90 bits per heavy atom. The molecule has 0 N–H and O–H groups in total. The molecule has 2 aliphatic rings. The monoisotopic (exact) mass is 269 g/mol. The van der Waals surface area contributed by atoms with Crippen molar-refractivity contribution in [3.8, 4) is 0 Å². The highest BCUT2D eigenvalue weighted by atomic mass is 16.5. The van der Waals surface area contributed by atoms with E-state index in [0.29, 0.717) is 12.0 Å². The van der Waals surface area contributed by atoms with Crippen LogP contribution in [-0.2, 0) is 19.4 Å². The molecule has 1 aromatic carbocycles. The number of nitrogens with zero attached hydrogens (tertiary/aromatic N) is 3. The minimum absolute atomic E-state index is 0.545. The zero-order valence-corrected chi connectivity index (χ0v) is 11.7. The number of rotatable bonds is 4. The fourth-order valence-corrected chi connectivity index (χ4v) is 3.03. The first-order chi connectivity index (χ1) is 9.79. The lowest BCUT2D eigenvalue weighted by Gasteiger charge is -2.21. The minimum atomic E-state index is 0.545. The van der Waals surface area contributed by atoms with Crippen LogP contribution in [0.3, 0.4) is 0 Å². The van der Waals surface area contributed by atoms with Crippen LogP contribution in [0.2, 0.25) is 0 Å². The van der Waals surface area contributed by atoms with E-state index < -0.39 is 0 Å². The van der Waals surface area contributed by atoms with Gasteiger partial charge in [-0.2, -0.15) is 4.98 Å². The average Bonchev–Trinajstić information content (AvgIpc) is 3.04. The van der Waals surface area contributed by atoms with E-state index in [-0.39, 0.29) is 0 Å². The van der Waals surface area contributed by atoms with Crippen molar-refractivity contribution in [3.05, 3.63) is 47.1 Å². The Balaban J connectivity index is 1.42. The molecule has 0 saturated heterocycles. The van der Waals surface area contributed by atoms with E-state index in [0.717, 1.165) is 31.1 Å². The van der Waals surface area contributed by atoms with E-state index in [1.54, 1.807) is 0 Å². The zero-order valence-electron chi connectivity index (χ0n) is 11.7. The average molecular weight is 269 g/mol. The van der Waals surface area contributed by atoms with Gasteiger partial charge in [-0.1, -0.05) is 29.4 Å². The molecule has 0 spiro atoms. The van der Waals surface area contributed by atoms with E-state index >= 15 is 0 Å². The van der Waals surface area contributed by atoms with Crippen molar-refractivity contribution in [3.63, 3.8) is 0 Å². The molecule has 0 bridgehead atoms. The highest BCUT2D eigenvalue weighted by molar-refractivity contribution is 5.33. The Morgan fingerprint density at radius 3 is 2.55 bits per heavy atom. The highest BCUT2D eigenvalue weighted by Crippen LogP contribution is 2.38. The Labute approximate surface area is 118 Å². The smallest absolute Gasteiger partial charge is 0.240 e. The van der Waals surface area contributed by atoms with Gasteiger partial charge in [-0.05, 0) is 43.9 Å². The molecule has 0 unspecified atom stereocenters. The second-order valence-electron chi connectivity index (χ2n) is 6.07. The largest absolute Gasteiger partial charge is 0.338 e. The van der Waals surface area contributed by atoms with Gasteiger partial charge in [0, 0.05) is 12.0 Å². The van der Waals surface area contributed by atoms with E-state index in [1.165, 1.54) is 24.0 Å². The molecule has 4 nitrogen and oxygen atoms in total. The van der Waals surface area contributed by atoms with Crippen LogP contribution in [0.1, 0.15) is 41.6 Å². The second kappa shape index (κ2) is 4.70. The molecule has 104 valence electrons. The SMILES string of the molecule is CN(Cc1nc(C2CC2)no1)C1Cc2ccccc2C1. The lowest BCUT2D eigenvalue weighted by atomic mass is 10.1. The third-order valence-electron chi connectivity index (χ3n) is 4.46. The van der Waals surface area contributed by atoms with E-state index in [1.807, 2.05) is 0 Å². The molecule has 20 heavy (non-hydrogen) atoms. The van der Waals surface area contributed by atoms with Crippen molar-refractivity contribution < 1.29 is 4.52 Å². The molecule has 2 aliphatic carbocycles. The maximum absolute atomic E-state index is 5.37. The first-order valence-electron chi connectivity index (χ1n) is 7.39. The van der Waals surface area contributed by atoms with Crippen LogP contribution < -0.4 is 0 Å². The van der Waals surface area contributed by atoms with Crippen LogP contribution in [0.25, 0.3) is 0 Å². The summed E-state index contributed by atoms with van der Waals surface area (Å²) < 4.78 is 5.37. The summed E-state index contributed by atoms with van der Waals surface area (Å²) in [5, 5.41) is 4.08. The summed E-state index contributed by atoms with van der Waals surface area (Å²) >= 11 is 0. The van der Waals surface area contributed by atoms with Crippen molar-refractivity contribution in [2.75, 3.05) is 7.05 Å². The van der Waals surface area contributed by atoms with E-state index in [2.05, 4.69) is 46.4 Å². The molecule has 2 aromatic rings. The molecule has 0 aliphatic heterocycles. The summed E-state index contributed by atoms with van der Waals surface area (Å²) in [6, 6.07) is 9.27. The summed E-state index contributed by atoms with van der Waals surface area (Å²) in [7, 11) is 2.15. The lowest BCUT2D eigenvalue weighted by molar-refractivity contribution is 0.208. The second-order valence-corrected chi connectivity index (χ2v) is 6.07. The minimum Gasteiger partial charge on any atom is -0.338 e. The summed E-state index contributed by atoms with van der Waals surface area (Å²) in [5.41, 5.74) is 2.96. The van der Waals surface area contributed by atoms with E-state index in [9.17, 15) is 0 Å². The molecular formula is C16H19N3O. The fraction of sp³-hybridized carbons (Fsp3) is 0.500. The number of benzene rings is 1. The lowest BCUT2D eigenvalue weighted by Crippen LogP contribution is -2.31. The van der Waals surface area contributed by atoms with Gasteiger partial charge >= 0.3 is 0 Å². The Bertz CT molecular complexity index is 593. The third-order valence-corrected chi connectivity index (χ3v) is 4.46. The molecule has 0 radical (unpaired) electrons. The van der Waals surface area contributed by atoms with Gasteiger partial charge in [-0.15, -0.1) is 0 Å². The van der Waals surface area contributed by atoms with Crippen LogP contribution in [0.5, 0.6) is 0 Å². The van der Waals surface area contributed by atoms with Crippen LogP contribution in [-0.4, -0.2) is 28.1 Å². The number of likely N-dealkylation sites (N-methyl/N-ethyl adjacent to an activating group) is 1. The van der Waals surface area contributed by atoms with E-state index in [4.69, 9.17) is 4.52 Å². The fourth-order valence-electron chi connectivity index (χ4n) is 3.03. The molecule has 4 rings (SSSR count). The maximum atomic E-state index is 5.37. The standard InChI is InChI=1S/C16H19N3O/c1-19(10-15-17-16(18-20-15)11-6-7-11)14-8-12-4-2-3-5-13(12)9-14/h2-5,11,14H,6-10H2,1H3. The topological polar surface area (TPSA) is 42.2 Å². The molecule has 0 amide bonds. The highest BCUT2D eigenvalue weighted by Gasteiger charge is 2.30. The number of hydrogen-bond donors (Lipinski definition) is 0. The van der Waals surface area contributed by atoms with Crippen LogP contribution in [0, 0.1) is 0 Å². The van der Waals surface area contributed by atoms with Crippen molar-refractivity contribution in [2.45, 2.75) is 44.2 Å². The predicted molar refractivity (Wildman–Crippen MR) is 75.4 cm³/mol. The van der Waals surface area contributed by atoms with Crippen molar-refractivity contribution in [1.82, 2.24) is 15.0 Å². The van der Waals surface area contributed by atoms with Gasteiger partial charge in [-0.3, -0.25) is 4.90 Å². The van der Waals surface area contributed by atoms with Crippen molar-refractivity contribution in [1.29, 1.82) is 0 Å². The number of aromatic nitrogens is 2. The number of hydrogen-bond acceptors (Lipinski definition) is 4. The molecule has 4 heteroatoms. The van der Waals surface area contributed by atoms with Gasteiger partial charge in [0.25, 0.3) is 0 Å². The molecule has 1 fully saturated rings. The van der Waals surface area contributed by atoms with Crippen LogP contribution >= 0.6 is 0 Å². The summed E-state index contributed by atoms with van der Waals surface area (Å²) in [6.07, 6.45) is 4.67. The molecule has 0 atom stereocenters. The normalized spacial score (nSPS) is 18.7. The van der Waals surface area contributed by atoms with Crippen LogP contribution in [0.4, 0.5) is 0 Å². The summed E-state index contributed by atoms with van der Waals surface area (Å²) in [5.74, 6) is 2.22. The predicted octanol–water partition coefficient (Wildman–Crippen LogP) is 2.55. The van der Waals surface area contributed by atoms with Gasteiger partial charge in [0.2, 0.25) is 5.89 Å². The van der Waals surface area contributed by atoms with Crippen LogP contribution in [0.15, 0.2) is 28.8 Å². The Hall–Kier alpha value is -1.68. The Kier molecular flexibility index (Phi) is 2.84. The van der Waals surface area contributed by atoms with Gasteiger partial charge < -0.3 is 4.52 Å². The molecule has 1 aromatic heterocycles. The molecule has 1 saturated carbocycles. The van der Waals surface area contributed by atoms with Gasteiger partial charge in [-0.25, -0.2) is 0 Å². The van der Waals surface area contributed by atoms with Gasteiger partial charge in [0.15, 0.2) is 5.82 Å². The zero-order chi connectivity index (χ0) is 13.5. The number of fused-ring (bicyclic) bond motifs is 1. The third kappa shape index (κ3) is 2.24. The Morgan fingerprint density at radius 1 is 1.20 bits per heavy atom. The molecular weight excluding hydrogens is 250 g/mol. The van der Waals surface area contributed by atoms with Crippen molar-refractivity contribution in [2.24, 2.45) is 0 Å². The first-order valence-corrected chi connectivity index (χ1v) is 7.39. The van der Waals surface area contributed by atoms with Gasteiger partial charge in [0.1, 0.15) is 0 Å². The quantitative estimate of drug-likeness (QED) is 0.855. The van der Waals surface area contributed by atoms with Gasteiger partial charge in [0.05, 0.1) is 6.54 Å². The summed E-state index contributed by atoms with van der Waals surface area (Å²) in [4.78, 5) is 6.85. The maximum Gasteiger partial charge on any atom is 0.240 e. The summed E-state index contributed by atoms with van der Waals surface area (Å²) in [6.45, 7) is 0.748. The molecule has 1 heterocycles. The first kappa shape index (κ1) is 12.1. The van der Waals surface area contributed by atoms with Crippen molar-refractivity contribution >= 4 is 0 Å².